The van der Waals surface area contributed by atoms with Crippen molar-refractivity contribution in [1.82, 2.24) is 9.47 Å². The molecule has 1 aromatic carbocycles. The molecule has 1 amide bonds. The van der Waals surface area contributed by atoms with Gasteiger partial charge in [-0.1, -0.05) is 24.6 Å². The third-order valence-corrected chi connectivity index (χ3v) is 5.82. The molecule has 3 atom stereocenters. The molecule has 5 nitrogen and oxygen atoms in total. The molecule has 2 aromatic rings. The fraction of sp³-hybridized carbons (Fsp3) is 0.550. The van der Waals surface area contributed by atoms with Crippen molar-refractivity contribution in [1.29, 1.82) is 0 Å². The van der Waals surface area contributed by atoms with Crippen molar-refractivity contribution in [2.45, 2.75) is 44.9 Å². The SMILES string of the molecule is Cc1cc2ccccc2n1CC(=O)N1CCOC[C@@H]1[C@H]1CCC[C@H]1O. The van der Waals surface area contributed by atoms with Crippen molar-refractivity contribution >= 4 is 16.8 Å². The predicted octanol–water partition coefficient (Wildman–Crippen LogP) is 2.34. The summed E-state index contributed by atoms with van der Waals surface area (Å²) < 4.78 is 7.73. The van der Waals surface area contributed by atoms with E-state index in [0.717, 1.165) is 35.9 Å². The second-order valence-corrected chi connectivity index (χ2v) is 7.32. The Bertz CT molecular complexity index is 769. The van der Waals surface area contributed by atoms with Crippen LogP contribution in [0.15, 0.2) is 30.3 Å². The first-order chi connectivity index (χ1) is 12.1. The van der Waals surface area contributed by atoms with Gasteiger partial charge < -0.3 is 19.3 Å². The van der Waals surface area contributed by atoms with Gasteiger partial charge in [0.2, 0.25) is 5.91 Å². The maximum Gasteiger partial charge on any atom is 0.242 e. The Kier molecular flexibility index (Phi) is 4.52. The van der Waals surface area contributed by atoms with Crippen molar-refractivity contribution in [3.8, 4) is 0 Å². The highest BCUT2D eigenvalue weighted by molar-refractivity contribution is 5.84. The normalized spacial score (nSPS) is 27.1. The molecule has 1 aliphatic heterocycles. The summed E-state index contributed by atoms with van der Waals surface area (Å²) in [5.74, 6) is 0.267. The molecule has 0 spiro atoms. The Hall–Kier alpha value is -1.85. The van der Waals surface area contributed by atoms with Crippen LogP contribution < -0.4 is 0 Å². The second kappa shape index (κ2) is 6.81. The molecule has 4 rings (SSSR count). The molecule has 1 aliphatic carbocycles. The van der Waals surface area contributed by atoms with E-state index < -0.39 is 0 Å². The van der Waals surface area contributed by atoms with Gasteiger partial charge in [0, 0.05) is 23.7 Å². The molecule has 25 heavy (non-hydrogen) atoms. The number of para-hydroxylation sites is 1. The smallest absolute Gasteiger partial charge is 0.242 e. The van der Waals surface area contributed by atoms with Crippen LogP contribution in [0.25, 0.3) is 10.9 Å². The number of aromatic nitrogens is 1. The van der Waals surface area contributed by atoms with Crippen molar-refractivity contribution in [3.63, 3.8) is 0 Å². The Labute approximate surface area is 148 Å². The van der Waals surface area contributed by atoms with E-state index in [-0.39, 0.29) is 24.0 Å². The minimum atomic E-state index is -0.309. The third-order valence-electron chi connectivity index (χ3n) is 5.82. The van der Waals surface area contributed by atoms with E-state index >= 15 is 0 Å². The molecule has 1 saturated heterocycles. The van der Waals surface area contributed by atoms with Crippen LogP contribution in [0.5, 0.6) is 0 Å². The van der Waals surface area contributed by atoms with E-state index in [1.807, 2.05) is 24.0 Å². The predicted molar refractivity (Wildman–Crippen MR) is 96.3 cm³/mol. The van der Waals surface area contributed by atoms with Gasteiger partial charge in [0.1, 0.15) is 6.54 Å². The van der Waals surface area contributed by atoms with Gasteiger partial charge in [-0.3, -0.25) is 4.79 Å². The lowest BCUT2D eigenvalue weighted by molar-refractivity contribution is -0.144. The van der Waals surface area contributed by atoms with Gasteiger partial charge in [-0.15, -0.1) is 0 Å². The second-order valence-electron chi connectivity index (χ2n) is 7.32. The van der Waals surface area contributed by atoms with Crippen LogP contribution in [0.3, 0.4) is 0 Å². The van der Waals surface area contributed by atoms with Crippen LogP contribution in [-0.2, 0) is 16.1 Å². The number of ether oxygens (including phenoxy) is 1. The number of benzene rings is 1. The number of amides is 1. The topological polar surface area (TPSA) is 54.7 Å². The average Bonchev–Trinajstić information content (AvgIpc) is 3.18. The highest BCUT2D eigenvalue weighted by Gasteiger charge is 2.39. The molecule has 2 aliphatic rings. The van der Waals surface area contributed by atoms with Crippen LogP contribution in [0.4, 0.5) is 0 Å². The minimum absolute atomic E-state index is 0.000817. The van der Waals surface area contributed by atoms with E-state index in [1.54, 1.807) is 0 Å². The van der Waals surface area contributed by atoms with Crippen LogP contribution in [-0.4, -0.2) is 52.4 Å². The summed E-state index contributed by atoms with van der Waals surface area (Å²) in [6.07, 6.45) is 2.54. The first-order valence-electron chi connectivity index (χ1n) is 9.25. The number of fused-ring (bicyclic) bond motifs is 1. The molecule has 0 bridgehead atoms. The number of hydrogen-bond donors (Lipinski definition) is 1. The van der Waals surface area contributed by atoms with Crippen molar-refractivity contribution in [3.05, 3.63) is 36.0 Å². The molecule has 1 aromatic heterocycles. The molecule has 1 N–H and O–H groups in total. The monoisotopic (exact) mass is 342 g/mol. The first-order valence-corrected chi connectivity index (χ1v) is 9.25. The molecule has 5 heteroatoms. The standard InChI is InChI=1S/C20H26N2O3/c1-14-11-15-5-2-3-7-17(15)22(14)12-20(24)21-9-10-25-13-18(21)16-6-4-8-19(16)23/h2-3,5,7,11,16,18-19,23H,4,6,8-10,12-13H2,1H3/t16-,18-,19-/m1/s1. The highest BCUT2D eigenvalue weighted by Crippen LogP contribution is 2.32. The van der Waals surface area contributed by atoms with E-state index in [9.17, 15) is 9.90 Å². The molecular weight excluding hydrogens is 316 g/mol. The highest BCUT2D eigenvalue weighted by atomic mass is 16.5. The Morgan fingerprint density at radius 2 is 2.16 bits per heavy atom. The molecule has 1 saturated carbocycles. The fourth-order valence-electron chi connectivity index (χ4n) is 4.49. The largest absolute Gasteiger partial charge is 0.393 e. The Morgan fingerprint density at radius 3 is 2.96 bits per heavy atom. The number of rotatable bonds is 3. The molecule has 2 fully saturated rings. The average molecular weight is 342 g/mol. The number of aryl methyl sites for hydroxylation is 1. The maximum absolute atomic E-state index is 13.1. The van der Waals surface area contributed by atoms with Crippen molar-refractivity contribution in [2.75, 3.05) is 19.8 Å². The first kappa shape index (κ1) is 16.6. The van der Waals surface area contributed by atoms with Crippen LogP contribution in [0.2, 0.25) is 0 Å². The molecule has 134 valence electrons. The van der Waals surface area contributed by atoms with Crippen LogP contribution in [0, 0.1) is 12.8 Å². The summed E-state index contributed by atoms with van der Waals surface area (Å²) in [6.45, 7) is 4.13. The molecule has 0 unspecified atom stereocenters. The summed E-state index contributed by atoms with van der Waals surface area (Å²) in [7, 11) is 0. The van der Waals surface area contributed by atoms with Gasteiger partial charge >= 0.3 is 0 Å². The summed E-state index contributed by atoms with van der Waals surface area (Å²) in [6, 6.07) is 10.3. The van der Waals surface area contributed by atoms with Gasteiger partial charge in [-0.2, -0.15) is 0 Å². The maximum atomic E-state index is 13.1. The number of morpholine rings is 1. The lowest BCUT2D eigenvalue weighted by atomic mass is 9.94. The minimum Gasteiger partial charge on any atom is -0.393 e. The van der Waals surface area contributed by atoms with Gasteiger partial charge in [0.25, 0.3) is 0 Å². The Morgan fingerprint density at radius 1 is 1.32 bits per heavy atom. The zero-order valence-corrected chi connectivity index (χ0v) is 14.7. The van der Waals surface area contributed by atoms with Gasteiger partial charge in [0.05, 0.1) is 25.4 Å². The van der Waals surface area contributed by atoms with Gasteiger partial charge in [-0.25, -0.2) is 0 Å². The molecule has 2 heterocycles. The molecule has 0 radical (unpaired) electrons. The summed E-state index contributed by atoms with van der Waals surface area (Å²) >= 11 is 0. The van der Waals surface area contributed by atoms with E-state index in [1.165, 1.54) is 0 Å². The summed E-state index contributed by atoms with van der Waals surface area (Å²) in [5.41, 5.74) is 2.19. The summed E-state index contributed by atoms with van der Waals surface area (Å²) in [4.78, 5) is 15.1. The molecular formula is C20H26N2O3. The number of nitrogens with zero attached hydrogens (tertiary/aromatic N) is 2. The van der Waals surface area contributed by atoms with E-state index in [0.29, 0.717) is 26.3 Å². The quantitative estimate of drug-likeness (QED) is 0.931. The Balaban J connectivity index is 1.57. The summed E-state index contributed by atoms with van der Waals surface area (Å²) in [5, 5.41) is 11.4. The van der Waals surface area contributed by atoms with E-state index in [4.69, 9.17) is 4.74 Å². The number of carbonyl (C=O) groups excluding carboxylic acids is 1. The van der Waals surface area contributed by atoms with E-state index in [2.05, 4.69) is 22.8 Å². The van der Waals surface area contributed by atoms with Gasteiger partial charge in [0.15, 0.2) is 0 Å². The van der Waals surface area contributed by atoms with Crippen LogP contribution >= 0.6 is 0 Å². The fourth-order valence-corrected chi connectivity index (χ4v) is 4.49. The zero-order valence-electron chi connectivity index (χ0n) is 14.7. The number of aliphatic hydroxyl groups is 1. The zero-order chi connectivity index (χ0) is 17.4. The van der Waals surface area contributed by atoms with Crippen LogP contribution in [0.1, 0.15) is 25.0 Å². The van der Waals surface area contributed by atoms with Crippen molar-refractivity contribution < 1.29 is 14.6 Å². The lowest BCUT2D eigenvalue weighted by Crippen LogP contribution is -2.54. The van der Waals surface area contributed by atoms with Gasteiger partial charge in [-0.05, 0) is 37.3 Å². The lowest BCUT2D eigenvalue weighted by Gasteiger charge is -2.40. The number of aliphatic hydroxyl groups excluding tert-OH is 1. The number of hydrogen-bond acceptors (Lipinski definition) is 3. The van der Waals surface area contributed by atoms with Crippen molar-refractivity contribution in [2.24, 2.45) is 5.92 Å². The number of carbonyl (C=O) groups is 1. The third kappa shape index (κ3) is 3.07.